The third-order valence-corrected chi connectivity index (χ3v) is 2.46. The normalized spacial score (nSPS) is 15.0. The zero-order chi connectivity index (χ0) is 8.55. The minimum absolute atomic E-state index is 0.140. The van der Waals surface area contributed by atoms with Gasteiger partial charge < -0.3 is 10.0 Å². The number of aliphatic hydroxyl groups is 1. The quantitative estimate of drug-likeness (QED) is 0.671. The van der Waals surface area contributed by atoms with Crippen LogP contribution in [0.1, 0.15) is 11.1 Å². The van der Waals surface area contributed by atoms with E-state index < -0.39 is 0 Å². The molecule has 1 N–H and O–H groups in total. The molecule has 0 spiro atoms. The third-order valence-electron chi connectivity index (χ3n) is 2.46. The fourth-order valence-corrected chi connectivity index (χ4v) is 1.68. The Morgan fingerprint density at radius 1 is 1.50 bits per heavy atom. The van der Waals surface area contributed by atoms with Crippen molar-refractivity contribution in [3.63, 3.8) is 0 Å². The number of aliphatic hydroxyl groups excluding tert-OH is 1. The van der Waals surface area contributed by atoms with E-state index in [-0.39, 0.29) is 6.61 Å². The van der Waals surface area contributed by atoms with E-state index in [0.717, 1.165) is 18.5 Å². The molecular weight excluding hydrogens is 150 g/mol. The molecule has 2 nitrogen and oxygen atoms in total. The summed E-state index contributed by atoms with van der Waals surface area (Å²) in [6.45, 7) is 1.24. The molecule has 1 aliphatic heterocycles. The molecule has 2 rings (SSSR count). The Hall–Kier alpha value is -1.02. The van der Waals surface area contributed by atoms with Gasteiger partial charge in [0.2, 0.25) is 0 Å². The Kier molecular flexibility index (Phi) is 1.77. The molecule has 0 aliphatic carbocycles. The molecular formula is C10H13NO. The predicted octanol–water partition coefficient (Wildman–Crippen LogP) is 1.17. The van der Waals surface area contributed by atoms with Crippen LogP contribution in [0.25, 0.3) is 0 Å². The fraction of sp³-hybridized carbons (Fsp3) is 0.400. The number of nitrogens with zero attached hydrogens (tertiary/aromatic N) is 1. The van der Waals surface area contributed by atoms with Crippen LogP contribution in [0.5, 0.6) is 0 Å². The van der Waals surface area contributed by atoms with Gasteiger partial charge in [0, 0.05) is 19.3 Å². The topological polar surface area (TPSA) is 23.5 Å². The molecule has 64 valence electrons. The Morgan fingerprint density at radius 3 is 3.08 bits per heavy atom. The second-order valence-electron chi connectivity index (χ2n) is 3.29. The highest BCUT2D eigenvalue weighted by Crippen LogP contribution is 2.27. The van der Waals surface area contributed by atoms with Crippen molar-refractivity contribution in [2.45, 2.75) is 13.0 Å². The fourth-order valence-electron chi connectivity index (χ4n) is 1.68. The Balaban J connectivity index is 2.43. The number of hydrogen-bond donors (Lipinski definition) is 1. The molecule has 0 radical (unpaired) electrons. The van der Waals surface area contributed by atoms with Crippen molar-refractivity contribution in [3.05, 3.63) is 29.3 Å². The summed E-state index contributed by atoms with van der Waals surface area (Å²) in [6.07, 6.45) is 1.14. The van der Waals surface area contributed by atoms with Gasteiger partial charge in [-0.05, 0) is 23.6 Å². The van der Waals surface area contributed by atoms with Crippen molar-refractivity contribution in [1.82, 2.24) is 0 Å². The van der Waals surface area contributed by atoms with Crippen molar-refractivity contribution in [2.75, 3.05) is 18.5 Å². The van der Waals surface area contributed by atoms with Crippen LogP contribution >= 0.6 is 0 Å². The molecule has 0 saturated heterocycles. The van der Waals surface area contributed by atoms with Gasteiger partial charge in [0.05, 0.1) is 6.61 Å². The molecule has 0 bridgehead atoms. The van der Waals surface area contributed by atoms with Gasteiger partial charge in [-0.25, -0.2) is 0 Å². The molecule has 2 heteroatoms. The first kappa shape index (κ1) is 7.62. The van der Waals surface area contributed by atoms with Crippen LogP contribution in [0, 0.1) is 0 Å². The summed E-state index contributed by atoms with van der Waals surface area (Å²) in [5, 5.41) is 8.94. The molecule has 1 aromatic rings. The second-order valence-corrected chi connectivity index (χ2v) is 3.29. The minimum atomic E-state index is 0.140. The van der Waals surface area contributed by atoms with Gasteiger partial charge >= 0.3 is 0 Å². The van der Waals surface area contributed by atoms with Crippen LogP contribution in [-0.2, 0) is 13.0 Å². The highest BCUT2D eigenvalue weighted by molar-refractivity contribution is 5.58. The lowest BCUT2D eigenvalue weighted by molar-refractivity contribution is 0.282. The molecule has 1 heterocycles. The number of likely N-dealkylation sites (N-methyl/N-ethyl adjacent to an activating group) is 1. The molecule has 12 heavy (non-hydrogen) atoms. The van der Waals surface area contributed by atoms with Gasteiger partial charge in [-0.3, -0.25) is 0 Å². The van der Waals surface area contributed by atoms with Crippen LogP contribution in [0.15, 0.2) is 18.2 Å². The van der Waals surface area contributed by atoms with E-state index in [1.165, 1.54) is 11.3 Å². The standard InChI is InChI=1S/C10H13NO/c1-11-5-4-9-3-2-8(7-12)6-10(9)11/h2-3,6,12H,4-5,7H2,1H3. The smallest absolute Gasteiger partial charge is 0.0682 e. The molecule has 0 aromatic heterocycles. The summed E-state index contributed by atoms with van der Waals surface area (Å²) in [5.41, 5.74) is 3.68. The first-order valence-corrected chi connectivity index (χ1v) is 4.25. The molecule has 0 atom stereocenters. The highest BCUT2D eigenvalue weighted by atomic mass is 16.3. The van der Waals surface area contributed by atoms with Crippen molar-refractivity contribution < 1.29 is 5.11 Å². The Bertz CT molecular complexity index is 296. The van der Waals surface area contributed by atoms with Gasteiger partial charge in [-0.2, -0.15) is 0 Å². The van der Waals surface area contributed by atoms with E-state index in [1.807, 2.05) is 6.07 Å². The van der Waals surface area contributed by atoms with Crippen molar-refractivity contribution in [1.29, 1.82) is 0 Å². The monoisotopic (exact) mass is 163 g/mol. The lowest BCUT2D eigenvalue weighted by atomic mass is 10.1. The number of fused-ring (bicyclic) bond motifs is 1. The molecule has 0 amide bonds. The average Bonchev–Trinajstić information content (AvgIpc) is 2.47. The number of rotatable bonds is 1. The summed E-state index contributed by atoms with van der Waals surface area (Å²) in [5.74, 6) is 0. The average molecular weight is 163 g/mol. The van der Waals surface area contributed by atoms with Crippen LogP contribution < -0.4 is 4.90 Å². The maximum atomic E-state index is 8.94. The molecule has 0 saturated carbocycles. The molecule has 0 unspecified atom stereocenters. The largest absolute Gasteiger partial charge is 0.392 e. The summed E-state index contributed by atoms with van der Waals surface area (Å²) >= 11 is 0. The molecule has 1 aromatic carbocycles. The first-order valence-electron chi connectivity index (χ1n) is 4.25. The first-order chi connectivity index (χ1) is 5.81. The predicted molar refractivity (Wildman–Crippen MR) is 49.3 cm³/mol. The lowest BCUT2D eigenvalue weighted by Crippen LogP contribution is -2.12. The van der Waals surface area contributed by atoms with E-state index in [4.69, 9.17) is 5.11 Å². The van der Waals surface area contributed by atoms with Crippen LogP contribution in [0.4, 0.5) is 5.69 Å². The third kappa shape index (κ3) is 1.08. The van der Waals surface area contributed by atoms with E-state index in [9.17, 15) is 0 Å². The Labute approximate surface area is 72.4 Å². The van der Waals surface area contributed by atoms with Crippen LogP contribution in [0.3, 0.4) is 0 Å². The summed E-state index contributed by atoms with van der Waals surface area (Å²) < 4.78 is 0. The maximum absolute atomic E-state index is 8.94. The highest BCUT2D eigenvalue weighted by Gasteiger charge is 2.14. The van der Waals surface area contributed by atoms with Gasteiger partial charge in [-0.15, -0.1) is 0 Å². The number of anilines is 1. The number of benzene rings is 1. The van der Waals surface area contributed by atoms with E-state index in [2.05, 4.69) is 24.1 Å². The van der Waals surface area contributed by atoms with E-state index in [0.29, 0.717) is 0 Å². The van der Waals surface area contributed by atoms with Crippen molar-refractivity contribution in [3.8, 4) is 0 Å². The zero-order valence-electron chi connectivity index (χ0n) is 7.25. The SMILES string of the molecule is CN1CCc2ccc(CO)cc21. The van der Waals surface area contributed by atoms with Crippen LogP contribution in [0.2, 0.25) is 0 Å². The lowest BCUT2D eigenvalue weighted by Gasteiger charge is -2.12. The molecule has 1 aliphatic rings. The van der Waals surface area contributed by atoms with Crippen molar-refractivity contribution in [2.24, 2.45) is 0 Å². The van der Waals surface area contributed by atoms with Crippen LogP contribution in [-0.4, -0.2) is 18.7 Å². The summed E-state index contributed by atoms with van der Waals surface area (Å²) in [4.78, 5) is 2.23. The molecule has 0 fully saturated rings. The second kappa shape index (κ2) is 2.79. The van der Waals surface area contributed by atoms with E-state index in [1.54, 1.807) is 0 Å². The van der Waals surface area contributed by atoms with Gasteiger partial charge in [0.1, 0.15) is 0 Å². The minimum Gasteiger partial charge on any atom is -0.392 e. The zero-order valence-corrected chi connectivity index (χ0v) is 7.25. The van der Waals surface area contributed by atoms with Gasteiger partial charge in [-0.1, -0.05) is 12.1 Å². The van der Waals surface area contributed by atoms with Crippen molar-refractivity contribution >= 4 is 5.69 Å². The van der Waals surface area contributed by atoms with E-state index >= 15 is 0 Å². The Morgan fingerprint density at radius 2 is 2.33 bits per heavy atom. The van der Waals surface area contributed by atoms with Gasteiger partial charge in [0.25, 0.3) is 0 Å². The summed E-state index contributed by atoms with van der Waals surface area (Å²) in [7, 11) is 2.09. The number of hydrogen-bond acceptors (Lipinski definition) is 2. The van der Waals surface area contributed by atoms with Gasteiger partial charge in [0.15, 0.2) is 0 Å². The summed E-state index contributed by atoms with van der Waals surface area (Å²) in [6, 6.07) is 6.19. The maximum Gasteiger partial charge on any atom is 0.0682 e.